The van der Waals surface area contributed by atoms with Crippen LogP contribution >= 0.6 is 0 Å². The highest BCUT2D eigenvalue weighted by Gasteiger charge is 2.09. The molecule has 4 N–H and O–H groups in total. The fraction of sp³-hybridized carbons (Fsp3) is 0.250. The molecule has 6 nitrogen and oxygen atoms in total. The normalized spacial score (nSPS) is 11.5. The number of carbonyl (C=O) groups is 1. The first kappa shape index (κ1) is 15.6. The zero-order chi connectivity index (χ0) is 15.9. The number of aromatic nitrogens is 1. The van der Waals surface area contributed by atoms with E-state index in [2.05, 4.69) is 15.6 Å². The summed E-state index contributed by atoms with van der Waals surface area (Å²) in [4.78, 5) is 15.6. The van der Waals surface area contributed by atoms with Crippen LogP contribution in [0.5, 0.6) is 0 Å². The fourth-order valence-electron chi connectivity index (χ4n) is 1.99. The van der Waals surface area contributed by atoms with E-state index in [-0.39, 0.29) is 11.9 Å². The summed E-state index contributed by atoms with van der Waals surface area (Å²) in [6.07, 6.45) is -0.547. The van der Waals surface area contributed by atoms with Crippen LogP contribution in [-0.2, 0) is 4.74 Å². The van der Waals surface area contributed by atoms with E-state index in [0.29, 0.717) is 18.1 Å². The molecule has 0 aliphatic rings. The van der Waals surface area contributed by atoms with Crippen LogP contribution < -0.4 is 16.4 Å². The Kier molecular flexibility index (Phi) is 5.19. The van der Waals surface area contributed by atoms with Crippen LogP contribution in [0.25, 0.3) is 0 Å². The number of benzene rings is 1. The van der Waals surface area contributed by atoms with Crippen molar-refractivity contribution in [3.63, 3.8) is 0 Å². The van der Waals surface area contributed by atoms with Crippen LogP contribution in [0.3, 0.4) is 0 Å². The predicted octanol–water partition coefficient (Wildman–Crippen LogP) is 3.41. The van der Waals surface area contributed by atoms with Crippen molar-refractivity contribution in [1.29, 1.82) is 0 Å². The second kappa shape index (κ2) is 7.31. The SMILES string of the molecule is CCOC(=O)Nc1ccc(NC(C)c2ccccc2)nc1N. The number of carbonyl (C=O) groups excluding carboxylic acids is 1. The lowest BCUT2D eigenvalue weighted by atomic mass is 10.1. The molecule has 22 heavy (non-hydrogen) atoms. The number of hydrogen-bond donors (Lipinski definition) is 3. The Morgan fingerprint density at radius 1 is 1.27 bits per heavy atom. The van der Waals surface area contributed by atoms with Gasteiger partial charge in [0, 0.05) is 6.04 Å². The molecule has 1 aromatic heterocycles. The fourth-order valence-corrected chi connectivity index (χ4v) is 1.99. The van der Waals surface area contributed by atoms with Gasteiger partial charge in [-0.2, -0.15) is 0 Å². The zero-order valence-corrected chi connectivity index (χ0v) is 12.7. The largest absolute Gasteiger partial charge is 0.450 e. The molecule has 1 aromatic carbocycles. The standard InChI is InChI=1S/C16H20N4O2/c1-3-22-16(21)19-13-9-10-14(20-15(13)17)18-11(2)12-7-5-4-6-8-12/h4-11H,3H2,1-2H3,(H,19,21)(H3,17,18,20). The number of rotatable bonds is 5. The van der Waals surface area contributed by atoms with Crippen molar-refractivity contribution in [3.8, 4) is 0 Å². The summed E-state index contributed by atoms with van der Waals surface area (Å²) in [5.74, 6) is 0.876. The van der Waals surface area contributed by atoms with Crippen molar-refractivity contribution in [1.82, 2.24) is 4.98 Å². The van der Waals surface area contributed by atoms with Crippen molar-refractivity contribution in [2.75, 3.05) is 23.0 Å². The molecule has 0 fully saturated rings. The smallest absolute Gasteiger partial charge is 0.411 e. The molecule has 1 unspecified atom stereocenters. The monoisotopic (exact) mass is 300 g/mol. The van der Waals surface area contributed by atoms with Gasteiger partial charge in [0.25, 0.3) is 0 Å². The number of amides is 1. The van der Waals surface area contributed by atoms with Gasteiger partial charge in [0.15, 0.2) is 0 Å². The number of nitrogens with two attached hydrogens (primary N) is 1. The molecule has 2 rings (SSSR count). The predicted molar refractivity (Wildman–Crippen MR) is 87.8 cm³/mol. The highest BCUT2D eigenvalue weighted by molar-refractivity contribution is 5.88. The van der Waals surface area contributed by atoms with Crippen molar-refractivity contribution < 1.29 is 9.53 Å². The minimum atomic E-state index is -0.547. The second-order valence-corrected chi connectivity index (χ2v) is 4.75. The maximum Gasteiger partial charge on any atom is 0.411 e. The van der Waals surface area contributed by atoms with Gasteiger partial charge in [0.2, 0.25) is 0 Å². The molecule has 0 aliphatic heterocycles. The highest BCUT2D eigenvalue weighted by Crippen LogP contribution is 2.22. The van der Waals surface area contributed by atoms with E-state index in [0.717, 1.165) is 5.56 Å². The van der Waals surface area contributed by atoms with E-state index >= 15 is 0 Å². The third-order valence-corrected chi connectivity index (χ3v) is 3.10. The maximum atomic E-state index is 11.4. The average molecular weight is 300 g/mol. The molecule has 0 saturated carbocycles. The van der Waals surface area contributed by atoms with Crippen LogP contribution in [0.15, 0.2) is 42.5 Å². The lowest BCUT2D eigenvalue weighted by molar-refractivity contribution is 0.168. The molecule has 1 amide bonds. The Morgan fingerprint density at radius 2 is 2.00 bits per heavy atom. The Hall–Kier alpha value is -2.76. The molecule has 116 valence electrons. The number of hydrogen-bond acceptors (Lipinski definition) is 5. The zero-order valence-electron chi connectivity index (χ0n) is 12.7. The average Bonchev–Trinajstić information content (AvgIpc) is 2.51. The van der Waals surface area contributed by atoms with Gasteiger partial charge in [-0.1, -0.05) is 30.3 Å². The van der Waals surface area contributed by atoms with Crippen molar-refractivity contribution >= 4 is 23.4 Å². The summed E-state index contributed by atoms with van der Waals surface area (Å²) < 4.78 is 4.80. The number of pyridine rings is 1. The summed E-state index contributed by atoms with van der Waals surface area (Å²) in [7, 11) is 0. The third-order valence-electron chi connectivity index (χ3n) is 3.10. The molecular formula is C16H20N4O2. The molecule has 0 aliphatic carbocycles. The maximum absolute atomic E-state index is 11.4. The van der Waals surface area contributed by atoms with Gasteiger partial charge in [-0.05, 0) is 31.5 Å². The quantitative estimate of drug-likeness (QED) is 0.787. The number of anilines is 3. The summed E-state index contributed by atoms with van der Waals surface area (Å²) in [6, 6.07) is 13.6. The Morgan fingerprint density at radius 3 is 2.64 bits per heavy atom. The van der Waals surface area contributed by atoms with E-state index in [1.165, 1.54) is 0 Å². The van der Waals surface area contributed by atoms with Gasteiger partial charge in [0.05, 0.1) is 12.3 Å². The molecular weight excluding hydrogens is 280 g/mol. The van der Waals surface area contributed by atoms with Gasteiger partial charge in [0.1, 0.15) is 11.6 Å². The Bertz CT molecular complexity index is 631. The van der Waals surface area contributed by atoms with Crippen LogP contribution in [0, 0.1) is 0 Å². The van der Waals surface area contributed by atoms with Crippen molar-refractivity contribution in [2.24, 2.45) is 0 Å². The van der Waals surface area contributed by atoms with Crippen molar-refractivity contribution in [2.45, 2.75) is 19.9 Å². The molecule has 0 spiro atoms. The van der Waals surface area contributed by atoms with E-state index in [1.807, 2.05) is 37.3 Å². The van der Waals surface area contributed by atoms with Gasteiger partial charge in [-0.15, -0.1) is 0 Å². The van der Waals surface area contributed by atoms with E-state index in [9.17, 15) is 4.79 Å². The van der Waals surface area contributed by atoms with E-state index in [1.54, 1.807) is 19.1 Å². The first-order valence-corrected chi connectivity index (χ1v) is 7.12. The lowest BCUT2D eigenvalue weighted by Gasteiger charge is -2.16. The summed E-state index contributed by atoms with van der Waals surface area (Å²) in [5, 5.41) is 5.82. The molecule has 1 atom stereocenters. The first-order valence-electron chi connectivity index (χ1n) is 7.12. The van der Waals surface area contributed by atoms with Gasteiger partial charge in [-0.3, -0.25) is 5.32 Å². The number of nitrogens with zero attached hydrogens (tertiary/aromatic N) is 1. The minimum Gasteiger partial charge on any atom is -0.450 e. The van der Waals surface area contributed by atoms with E-state index < -0.39 is 6.09 Å². The molecule has 0 radical (unpaired) electrons. The molecule has 1 heterocycles. The van der Waals surface area contributed by atoms with Crippen LogP contribution in [0.1, 0.15) is 25.5 Å². The Labute approximate surface area is 129 Å². The van der Waals surface area contributed by atoms with Gasteiger partial charge in [-0.25, -0.2) is 9.78 Å². The molecule has 2 aromatic rings. The molecule has 0 bridgehead atoms. The van der Waals surface area contributed by atoms with Gasteiger partial charge >= 0.3 is 6.09 Å². The number of ether oxygens (including phenoxy) is 1. The minimum absolute atomic E-state index is 0.0944. The first-order chi connectivity index (χ1) is 10.6. The Balaban J connectivity index is 2.04. The van der Waals surface area contributed by atoms with Crippen LogP contribution in [0.4, 0.5) is 22.1 Å². The van der Waals surface area contributed by atoms with Gasteiger partial charge < -0.3 is 15.8 Å². The molecule has 0 saturated heterocycles. The summed E-state index contributed by atoms with van der Waals surface area (Å²) >= 11 is 0. The summed E-state index contributed by atoms with van der Waals surface area (Å²) in [5.41, 5.74) is 7.44. The number of nitrogens with one attached hydrogen (secondary N) is 2. The lowest BCUT2D eigenvalue weighted by Crippen LogP contribution is -2.15. The third kappa shape index (κ3) is 4.12. The van der Waals surface area contributed by atoms with Crippen LogP contribution in [0.2, 0.25) is 0 Å². The number of nitrogen functional groups attached to an aromatic ring is 1. The van der Waals surface area contributed by atoms with E-state index in [4.69, 9.17) is 10.5 Å². The highest BCUT2D eigenvalue weighted by atomic mass is 16.5. The molecule has 6 heteroatoms. The van der Waals surface area contributed by atoms with Crippen LogP contribution in [-0.4, -0.2) is 17.7 Å². The van der Waals surface area contributed by atoms with Crippen molar-refractivity contribution in [3.05, 3.63) is 48.0 Å². The summed E-state index contributed by atoms with van der Waals surface area (Å²) in [6.45, 7) is 4.07. The second-order valence-electron chi connectivity index (χ2n) is 4.75. The topological polar surface area (TPSA) is 89.3 Å².